The van der Waals surface area contributed by atoms with Crippen molar-refractivity contribution in [1.82, 2.24) is 10.6 Å². The number of aliphatic hydroxyl groups is 1. The first-order chi connectivity index (χ1) is 12.2. The Morgan fingerprint density at radius 2 is 1.73 bits per heavy atom. The smallest absolute Gasteiger partial charge is 0.277 e. The fourth-order valence-electron chi connectivity index (χ4n) is 2.70. The molecule has 2 rings (SSSR count). The van der Waals surface area contributed by atoms with E-state index in [4.69, 9.17) is 0 Å². The standard InChI is InChI=1S/C15H18N4O7/c1-8(14(21)17-10-2-3-13(20)6-10)16-15(22)9-4-11(18(23)24)7-12(5-9)19(25)26/h4-5,7-8,10,13,20H,2-3,6H2,1H3,(H,16,22)(H,17,21)/t8-,10-,13+/m0/s1. The molecule has 0 radical (unpaired) electrons. The molecule has 1 aliphatic carbocycles. The van der Waals surface area contributed by atoms with Crippen molar-refractivity contribution in [2.75, 3.05) is 0 Å². The van der Waals surface area contributed by atoms with Gasteiger partial charge in [-0.05, 0) is 26.2 Å². The van der Waals surface area contributed by atoms with Crippen LogP contribution in [0, 0.1) is 20.2 Å². The third-order valence-electron chi connectivity index (χ3n) is 4.08. The predicted molar refractivity (Wildman–Crippen MR) is 88.5 cm³/mol. The molecule has 11 nitrogen and oxygen atoms in total. The zero-order valence-corrected chi connectivity index (χ0v) is 13.9. The van der Waals surface area contributed by atoms with Crippen molar-refractivity contribution in [3.8, 4) is 0 Å². The van der Waals surface area contributed by atoms with Crippen LogP contribution in [-0.4, -0.2) is 45.0 Å². The molecule has 0 aliphatic heterocycles. The Kier molecular flexibility index (Phi) is 5.82. The van der Waals surface area contributed by atoms with E-state index < -0.39 is 45.2 Å². The number of hydrogen-bond acceptors (Lipinski definition) is 7. The van der Waals surface area contributed by atoms with Crippen molar-refractivity contribution in [1.29, 1.82) is 0 Å². The highest BCUT2D eigenvalue weighted by Crippen LogP contribution is 2.23. The van der Waals surface area contributed by atoms with Crippen LogP contribution in [0.25, 0.3) is 0 Å². The van der Waals surface area contributed by atoms with Crippen LogP contribution in [0.4, 0.5) is 11.4 Å². The number of non-ortho nitro benzene ring substituents is 2. The molecule has 1 saturated carbocycles. The molecule has 0 unspecified atom stereocenters. The summed E-state index contributed by atoms with van der Waals surface area (Å²) in [5.41, 5.74) is -1.48. The maximum atomic E-state index is 12.2. The molecule has 0 heterocycles. The van der Waals surface area contributed by atoms with Crippen LogP contribution in [0.15, 0.2) is 18.2 Å². The van der Waals surface area contributed by atoms with Gasteiger partial charge in [-0.2, -0.15) is 0 Å². The maximum absolute atomic E-state index is 12.2. The molecule has 1 aliphatic rings. The number of nitrogens with one attached hydrogen (secondary N) is 2. The zero-order valence-electron chi connectivity index (χ0n) is 13.9. The molecule has 1 aromatic carbocycles. The molecular formula is C15H18N4O7. The Hall–Kier alpha value is -3.08. The lowest BCUT2D eigenvalue weighted by atomic mass is 10.1. The summed E-state index contributed by atoms with van der Waals surface area (Å²) in [7, 11) is 0. The Balaban J connectivity index is 2.07. The van der Waals surface area contributed by atoms with E-state index in [1.807, 2.05) is 0 Å². The molecule has 1 aromatic rings. The van der Waals surface area contributed by atoms with Gasteiger partial charge in [0.15, 0.2) is 0 Å². The van der Waals surface area contributed by atoms with Gasteiger partial charge < -0.3 is 15.7 Å². The van der Waals surface area contributed by atoms with Gasteiger partial charge in [0, 0.05) is 18.2 Å². The second-order valence-electron chi connectivity index (χ2n) is 6.12. The zero-order chi connectivity index (χ0) is 19.4. The molecule has 140 valence electrons. The average Bonchev–Trinajstić information content (AvgIpc) is 2.98. The summed E-state index contributed by atoms with van der Waals surface area (Å²) in [6.45, 7) is 1.42. The van der Waals surface area contributed by atoms with E-state index in [-0.39, 0.29) is 11.6 Å². The van der Waals surface area contributed by atoms with E-state index in [1.54, 1.807) is 0 Å². The highest BCUT2D eigenvalue weighted by Gasteiger charge is 2.27. The van der Waals surface area contributed by atoms with Gasteiger partial charge in [-0.1, -0.05) is 0 Å². The van der Waals surface area contributed by atoms with Crippen molar-refractivity contribution in [3.05, 3.63) is 44.0 Å². The molecule has 2 amide bonds. The number of benzene rings is 1. The van der Waals surface area contributed by atoms with Crippen LogP contribution in [0.2, 0.25) is 0 Å². The summed E-state index contributed by atoms with van der Waals surface area (Å²) in [4.78, 5) is 44.4. The molecule has 0 spiro atoms. The third-order valence-corrected chi connectivity index (χ3v) is 4.08. The first kappa shape index (κ1) is 19.2. The number of amides is 2. The number of hydrogen-bond donors (Lipinski definition) is 3. The predicted octanol–water partition coefficient (Wildman–Crippen LogP) is 0.651. The van der Waals surface area contributed by atoms with Crippen LogP contribution < -0.4 is 10.6 Å². The lowest BCUT2D eigenvalue weighted by Crippen LogP contribution is -2.47. The van der Waals surface area contributed by atoms with Gasteiger partial charge in [0.1, 0.15) is 6.04 Å². The summed E-state index contributed by atoms with van der Waals surface area (Å²) in [6.07, 6.45) is 1.19. The van der Waals surface area contributed by atoms with E-state index in [9.17, 15) is 34.9 Å². The normalized spacial score (nSPS) is 20.2. The largest absolute Gasteiger partial charge is 0.393 e. The lowest BCUT2D eigenvalue weighted by Gasteiger charge is -2.17. The van der Waals surface area contributed by atoms with Gasteiger partial charge in [-0.25, -0.2) is 0 Å². The fourth-order valence-corrected chi connectivity index (χ4v) is 2.70. The SMILES string of the molecule is C[C@H](NC(=O)c1cc([N+](=O)[O-])cc([N+](=O)[O-])c1)C(=O)N[C@H]1CC[C@@H](O)C1. The minimum absolute atomic E-state index is 0.184. The number of carbonyl (C=O) groups excluding carboxylic acids is 2. The van der Waals surface area contributed by atoms with Crippen molar-refractivity contribution >= 4 is 23.2 Å². The molecule has 3 N–H and O–H groups in total. The van der Waals surface area contributed by atoms with Crippen molar-refractivity contribution in [3.63, 3.8) is 0 Å². The van der Waals surface area contributed by atoms with Crippen LogP contribution in [0.1, 0.15) is 36.5 Å². The average molecular weight is 366 g/mol. The number of nitrogens with zero attached hydrogens (tertiary/aromatic N) is 2. The fraction of sp³-hybridized carbons (Fsp3) is 0.467. The number of nitro groups is 2. The topological polar surface area (TPSA) is 165 Å². The third kappa shape index (κ3) is 4.72. The highest BCUT2D eigenvalue weighted by molar-refractivity contribution is 5.98. The summed E-state index contributed by atoms with van der Waals surface area (Å²) < 4.78 is 0. The number of aliphatic hydroxyl groups excluding tert-OH is 1. The van der Waals surface area contributed by atoms with Crippen LogP contribution >= 0.6 is 0 Å². The van der Waals surface area contributed by atoms with Crippen LogP contribution in [0.5, 0.6) is 0 Å². The van der Waals surface area contributed by atoms with E-state index >= 15 is 0 Å². The minimum atomic E-state index is -0.960. The molecule has 0 saturated heterocycles. The molecule has 1 fully saturated rings. The summed E-state index contributed by atoms with van der Waals surface area (Å²) in [5.74, 6) is -1.32. The van der Waals surface area contributed by atoms with Gasteiger partial charge in [0.2, 0.25) is 5.91 Å². The van der Waals surface area contributed by atoms with Crippen molar-refractivity contribution < 1.29 is 24.5 Å². The number of carbonyl (C=O) groups is 2. The molecule has 11 heteroatoms. The van der Waals surface area contributed by atoms with Crippen LogP contribution in [0.3, 0.4) is 0 Å². The highest BCUT2D eigenvalue weighted by atomic mass is 16.6. The lowest BCUT2D eigenvalue weighted by molar-refractivity contribution is -0.394. The first-order valence-electron chi connectivity index (χ1n) is 7.90. The van der Waals surface area contributed by atoms with Crippen LogP contribution in [-0.2, 0) is 4.79 Å². The summed E-state index contributed by atoms with van der Waals surface area (Å²) in [5, 5.41) is 36.2. The second-order valence-corrected chi connectivity index (χ2v) is 6.12. The van der Waals surface area contributed by atoms with E-state index in [0.717, 1.165) is 18.2 Å². The summed E-state index contributed by atoms with van der Waals surface area (Å²) in [6, 6.07) is 1.41. The van der Waals surface area contributed by atoms with Gasteiger partial charge in [-0.15, -0.1) is 0 Å². The Morgan fingerprint density at radius 1 is 1.15 bits per heavy atom. The van der Waals surface area contributed by atoms with E-state index in [1.165, 1.54) is 6.92 Å². The Labute approximate surface area is 147 Å². The van der Waals surface area contributed by atoms with E-state index in [2.05, 4.69) is 10.6 Å². The van der Waals surface area contributed by atoms with Crippen molar-refractivity contribution in [2.24, 2.45) is 0 Å². The van der Waals surface area contributed by atoms with Gasteiger partial charge in [-0.3, -0.25) is 29.8 Å². The number of nitro benzene ring substituents is 2. The Bertz CT molecular complexity index is 719. The first-order valence-corrected chi connectivity index (χ1v) is 7.90. The maximum Gasteiger partial charge on any atom is 0.277 e. The molecule has 3 atom stereocenters. The Morgan fingerprint density at radius 3 is 2.19 bits per heavy atom. The second kappa shape index (κ2) is 7.87. The molecule has 0 bridgehead atoms. The van der Waals surface area contributed by atoms with Crippen molar-refractivity contribution in [2.45, 2.75) is 44.4 Å². The summed E-state index contributed by atoms with van der Waals surface area (Å²) >= 11 is 0. The van der Waals surface area contributed by atoms with Gasteiger partial charge >= 0.3 is 0 Å². The minimum Gasteiger partial charge on any atom is -0.393 e. The monoisotopic (exact) mass is 366 g/mol. The number of rotatable bonds is 6. The van der Waals surface area contributed by atoms with E-state index in [0.29, 0.717) is 19.3 Å². The molecule has 26 heavy (non-hydrogen) atoms. The molecule has 0 aromatic heterocycles. The molecular weight excluding hydrogens is 348 g/mol. The van der Waals surface area contributed by atoms with Gasteiger partial charge in [0.25, 0.3) is 17.3 Å². The quantitative estimate of drug-likeness (QED) is 0.491. The van der Waals surface area contributed by atoms with Gasteiger partial charge in [0.05, 0.1) is 27.6 Å².